The fourth-order valence-corrected chi connectivity index (χ4v) is 1.59. The molecule has 0 aliphatic carbocycles. The van der Waals surface area contributed by atoms with Gasteiger partial charge < -0.3 is 10.4 Å². The van der Waals surface area contributed by atoms with Gasteiger partial charge in [-0.3, -0.25) is 0 Å². The van der Waals surface area contributed by atoms with E-state index in [-0.39, 0.29) is 0 Å². The van der Waals surface area contributed by atoms with Gasteiger partial charge in [0.25, 0.3) is 0 Å². The molecule has 2 N–H and O–H groups in total. The van der Waals surface area contributed by atoms with Gasteiger partial charge in [0.05, 0.1) is 0 Å². The van der Waals surface area contributed by atoms with E-state index in [1.54, 1.807) is 12.1 Å². The summed E-state index contributed by atoms with van der Waals surface area (Å²) >= 11 is 3.47. The number of benzene rings is 1. The van der Waals surface area contributed by atoms with Gasteiger partial charge in [-0.25, -0.2) is 0 Å². The lowest BCUT2D eigenvalue weighted by molar-refractivity contribution is 0.424. The maximum atomic E-state index is 9.36. The van der Waals surface area contributed by atoms with Gasteiger partial charge in [0, 0.05) is 17.1 Å². The Labute approximate surface area is 99.8 Å². The molecule has 1 atom stereocenters. The van der Waals surface area contributed by atoms with Crippen LogP contribution in [0.2, 0.25) is 0 Å². The molecule has 0 heterocycles. The molecule has 0 saturated heterocycles. The monoisotopic (exact) mass is 271 g/mol. The van der Waals surface area contributed by atoms with Crippen LogP contribution >= 0.6 is 15.9 Å². The highest BCUT2D eigenvalue weighted by Crippen LogP contribution is 2.21. The third-order valence-corrected chi connectivity index (χ3v) is 3.42. The van der Waals surface area contributed by atoms with Crippen LogP contribution in [0.25, 0.3) is 0 Å². The predicted molar refractivity (Wildman–Crippen MR) is 66.9 cm³/mol. The molecule has 15 heavy (non-hydrogen) atoms. The molecule has 0 aliphatic heterocycles. The van der Waals surface area contributed by atoms with E-state index < -0.39 is 0 Å². The molecule has 3 heteroatoms. The van der Waals surface area contributed by atoms with Gasteiger partial charge in [0.15, 0.2) is 0 Å². The van der Waals surface area contributed by atoms with Gasteiger partial charge in [0.1, 0.15) is 5.75 Å². The molecule has 0 radical (unpaired) electrons. The standard InChI is InChI=1S/C12H18BrNO/c1-8(2)9(3)14-7-10-6-11(15)4-5-12(10)13/h4-6,8-9,14-15H,7H2,1-3H3. The largest absolute Gasteiger partial charge is 0.508 e. The zero-order valence-corrected chi connectivity index (χ0v) is 11.0. The lowest BCUT2D eigenvalue weighted by Gasteiger charge is -2.18. The van der Waals surface area contributed by atoms with Crippen LogP contribution in [0.4, 0.5) is 0 Å². The first-order valence-corrected chi connectivity index (χ1v) is 6.00. The molecule has 0 fully saturated rings. The van der Waals surface area contributed by atoms with Crippen LogP contribution in [-0.2, 0) is 6.54 Å². The maximum absolute atomic E-state index is 9.36. The number of aromatic hydroxyl groups is 1. The molecule has 0 aliphatic rings. The summed E-state index contributed by atoms with van der Waals surface area (Å²) in [6.07, 6.45) is 0. The zero-order valence-electron chi connectivity index (χ0n) is 9.42. The zero-order chi connectivity index (χ0) is 11.4. The summed E-state index contributed by atoms with van der Waals surface area (Å²) in [7, 11) is 0. The van der Waals surface area contributed by atoms with Crippen molar-refractivity contribution in [2.75, 3.05) is 0 Å². The molecular formula is C12H18BrNO. The van der Waals surface area contributed by atoms with Crippen molar-refractivity contribution in [3.05, 3.63) is 28.2 Å². The Morgan fingerprint density at radius 2 is 2.00 bits per heavy atom. The molecule has 0 saturated carbocycles. The number of phenolic OH excluding ortho intramolecular Hbond substituents is 1. The third-order valence-electron chi connectivity index (χ3n) is 2.64. The topological polar surface area (TPSA) is 32.3 Å². The second kappa shape index (κ2) is 5.52. The Kier molecular flexibility index (Phi) is 4.61. The molecule has 0 amide bonds. The van der Waals surface area contributed by atoms with E-state index in [1.807, 2.05) is 6.07 Å². The van der Waals surface area contributed by atoms with E-state index >= 15 is 0 Å². The van der Waals surface area contributed by atoms with E-state index in [1.165, 1.54) is 0 Å². The summed E-state index contributed by atoms with van der Waals surface area (Å²) in [5.41, 5.74) is 1.09. The highest BCUT2D eigenvalue weighted by molar-refractivity contribution is 9.10. The number of rotatable bonds is 4. The summed E-state index contributed by atoms with van der Waals surface area (Å²) < 4.78 is 1.03. The molecular weight excluding hydrogens is 254 g/mol. The SMILES string of the molecule is CC(C)C(C)NCc1cc(O)ccc1Br. The van der Waals surface area contributed by atoms with Crippen molar-refractivity contribution in [3.63, 3.8) is 0 Å². The number of halogens is 1. The minimum atomic E-state index is 0.312. The van der Waals surface area contributed by atoms with Crippen LogP contribution in [0, 0.1) is 5.92 Å². The lowest BCUT2D eigenvalue weighted by Crippen LogP contribution is -2.30. The van der Waals surface area contributed by atoms with E-state index in [0.29, 0.717) is 17.7 Å². The highest BCUT2D eigenvalue weighted by atomic mass is 79.9. The molecule has 1 rings (SSSR count). The summed E-state index contributed by atoms with van der Waals surface area (Å²) in [5, 5.41) is 12.8. The molecule has 1 aromatic carbocycles. The molecule has 1 aromatic rings. The summed E-state index contributed by atoms with van der Waals surface area (Å²) in [6.45, 7) is 7.32. The summed E-state index contributed by atoms with van der Waals surface area (Å²) in [4.78, 5) is 0. The van der Waals surface area contributed by atoms with Crippen LogP contribution in [0.3, 0.4) is 0 Å². The first kappa shape index (κ1) is 12.5. The Morgan fingerprint density at radius 1 is 1.33 bits per heavy atom. The second-order valence-electron chi connectivity index (χ2n) is 4.19. The third kappa shape index (κ3) is 3.84. The van der Waals surface area contributed by atoms with E-state index in [2.05, 4.69) is 42.0 Å². The van der Waals surface area contributed by atoms with Crippen LogP contribution in [0.1, 0.15) is 26.3 Å². The molecule has 2 nitrogen and oxygen atoms in total. The van der Waals surface area contributed by atoms with Crippen LogP contribution in [0.15, 0.2) is 22.7 Å². The van der Waals surface area contributed by atoms with Crippen molar-refractivity contribution in [3.8, 4) is 5.75 Å². The van der Waals surface area contributed by atoms with Crippen molar-refractivity contribution in [1.29, 1.82) is 0 Å². The Bertz CT molecular complexity index is 325. The smallest absolute Gasteiger partial charge is 0.115 e. The van der Waals surface area contributed by atoms with Gasteiger partial charge in [0.2, 0.25) is 0 Å². The minimum Gasteiger partial charge on any atom is -0.508 e. The lowest BCUT2D eigenvalue weighted by atomic mass is 10.1. The molecule has 84 valence electrons. The first-order valence-electron chi connectivity index (χ1n) is 5.21. The number of hydrogen-bond donors (Lipinski definition) is 2. The number of hydrogen-bond acceptors (Lipinski definition) is 2. The van der Waals surface area contributed by atoms with Gasteiger partial charge in [-0.15, -0.1) is 0 Å². The fourth-order valence-electron chi connectivity index (χ4n) is 1.20. The van der Waals surface area contributed by atoms with E-state index in [4.69, 9.17) is 0 Å². The molecule has 1 unspecified atom stereocenters. The van der Waals surface area contributed by atoms with Gasteiger partial charge in [-0.2, -0.15) is 0 Å². The average Bonchev–Trinajstić information content (AvgIpc) is 2.18. The quantitative estimate of drug-likeness (QED) is 0.881. The average molecular weight is 272 g/mol. The Balaban J connectivity index is 2.61. The highest BCUT2D eigenvalue weighted by Gasteiger charge is 2.07. The van der Waals surface area contributed by atoms with Crippen molar-refractivity contribution < 1.29 is 5.11 Å². The van der Waals surface area contributed by atoms with Gasteiger partial charge in [-0.1, -0.05) is 29.8 Å². The predicted octanol–water partition coefficient (Wildman–Crippen LogP) is 3.29. The van der Waals surface area contributed by atoms with E-state index in [0.717, 1.165) is 16.6 Å². The van der Waals surface area contributed by atoms with Crippen molar-refractivity contribution in [2.45, 2.75) is 33.4 Å². The van der Waals surface area contributed by atoms with Crippen LogP contribution < -0.4 is 5.32 Å². The van der Waals surface area contributed by atoms with E-state index in [9.17, 15) is 5.11 Å². The Hall–Kier alpha value is -0.540. The van der Waals surface area contributed by atoms with Crippen molar-refractivity contribution in [2.24, 2.45) is 5.92 Å². The summed E-state index contributed by atoms with van der Waals surface area (Å²) in [6, 6.07) is 5.80. The minimum absolute atomic E-state index is 0.312. The molecule has 0 spiro atoms. The van der Waals surface area contributed by atoms with Crippen LogP contribution in [0.5, 0.6) is 5.75 Å². The normalized spacial score (nSPS) is 13.1. The number of nitrogens with one attached hydrogen (secondary N) is 1. The van der Waals surface area contributed by atoms with Gasteiger partial charge in [-0.05, 0) is 36.6 Å². The number of phenols is 1. The van der Waals surface area contributed by atoms with Crippen molar-refractivity contribution in [1.82, 2.24) is 5.32 Å². The van der Waals surface area contributed by atoms with Crippen molar-refractivity contribution >= 4 is 15.9 Å². The fraction of sp³-hybridized carbons (Fsp3) is 0.500. The maximum Gasteiger partial charge on any atom is 0.115 e. The summed E-state index contributed by atoms with van der Waals surface area (Å²) in [5.74, 6) is 0.924. The van der Waals surface area contributed by atoms with Gasteiger partial charge >= 0.3 is 0 Å². The Morgan fingerprint density at radius 3 is 2.60 bits per heavy atom. The molecule has 0 aromatic heterocycles. The molecule has 0 bridgehead atoms. The first-order chi connectivity index (χ1) is 7.00. The van der Waals surface area contributed by atoms with Crippen LogP contribution in [-0.4, -0.2) is 11.1 Å². The second-order valence-corrected chi connectivity index (χ2v) is 5.04.